The van der Waals surface area contributed by atoms with Crippen LogP contribution in [0.4, 0.5) is 0 Å². The smallest absolute Gasteiger partial charge is 0.242 e. The van der Waals surface area contributed by atoms with Crippen LogP contribution in [0.25, 0.3) is 0 Å². The molecule has 0 aromatic carbocycles. The van der Waals surface area contributed by atoms with Crippen molar-refractivity contribution in [2.45, 2.75) is 38.8 Å². The Morgan fingerprint density at radius 3 is 2.94 bits per heavy atom. The summed E-state index contributed by atoms with van der Waals surface area (Å²) in [5.41, 5.74) is 1.07. The van der Waals surface area contributed by atoms with E-state index < -0.39 is 0 Å². The van der Waals surface area contributed by atoms with Crippen LogP contribution in [-0.4, -0.2) is 43.2 Å². The molecule has 92 valence electrons. The first-order valence-corrected chi connectivity index (χ1v) is 5.80. The van der Waals surface area contributed by atoms with Gasteiger partial charge in [-0.2, -0.15) is 0 Å². The van der Waals surface area contributed by atoms with Crippen LogP contribution >= 0.6 is 0 Å². The van der Waals surface area contributed by atoms with Crippen LogP contribution in [0, 0.1) is 0 Å². The molecule has 4 nitrogen and oxygen atoms in total. The first-order chi connectivity index (χ1) is 7.57. The molecule has 16 heavy (non-hydrogen) atoms. The Labute approximate surface area is 97.6 Å². The number of hydrogen-bond acceptors (Lipinski definition) is 3. The van der Waals surface area contributed by atoms with E-state index in [4.69, 9.17) is 4.74 Å². The molecule has 1 atom stereocenters. The van der Waals surface area contributed by atoms with Gasteiger partial charge in [-0.25, -0.2) is 0 Å². The predicted molar refractivity (Wildman–Crippen MR) is 64.0 cm³/mol. The van der Waals surface area contributed by atoms with Crippen LogP contribution in [-0.2, 0) is 9.53 Å². The van der Waals surface area contributed by atoms with Gasteiger partial charge < -0.3 is 15.0 Å². The van der Waals surface area contributed by atoms with Gasteiger partial charge >= 0.3 is 0 Å². The van der Waals surface area contributed by atoms with Crippen LogP contribution in [0.2, 0.25) is 0 Å². The van der Waals surface area contributed by atoms with Crippen molar-refractivity contribution in [1.82, 2.24) is 10.2 Å². The van der Waals surface area contributed by atoms with Gasteiger partial charge in [0.15, 0.2) is 0 Å². The summed E-state index contributed by atoms with van der Waals surface area (Å²) in [7, 11) is 1.63. The molecule has 1 saturated heterocycles. The van der Waals surface area contributed by atoms with E-state index in [0.29, 0.717) is 19.2 Å². The number of hydrogen-bond donors (Lipinski definition) is 1. The molecule has 1 N–H and O–H groups in total. The Morgan fingerprint density at radius 1 is 1.69 bits per heavy atom. The standard InChI is InChI=1S/C12H22N2O2/c1-9(2)14-10(3)5-6-11(14)12(15)13-7-8-16-4/h9,11H,3,5-8H2,1-2,4H3,(H,13,15). The number of nitrogens with one attached hydrogen (secondary N) is 1. The second kappa shape index (κ2) is 5.89. The summed E-state index contributed by atoms with van der Waals surface area (Å²) in [6.45, 7) is 9.32. The van der Waals surface area contributed by atoms with Crippen LogP contribution in [0.3, 0.4) is 0 Å². The lowest BCUT2D eigenvalue weighted by Crippen LogP contribution is -2.46. The average molecular weight is 226 g/mol. The van der Waals surface area contributed by atoms with E-state index in [1.807, 2.05) is 0 Å². The summed E-state index contributed by atoms with van der Waals surface area (Å²) in [6, 6.07) is 0.275. The van der Waals surface area contributed by atoms with Crippen LogP contribution in [0.5, 0.6) is 0 Å². The normalized spacial score (nSPS) is 20.6. The highest BCUT2D eigenvalue weighted by molar-refractivity contribution is 5.82. The summed E-state index contributed by atoms with van der Waals surface area (Å²) in [4.78, 5) is 14.0. The van der Waals surface area contributed by atoms with E-state index >= 15 is 0 Å². The fourth-order valence-electron chi connectivity index (χ4n) is 2.17. The van der Waals surface area contributed by atoms with Crippen molar-refractivity contribution in [1.29, 1.82) is 0 Å². The molecule has 4 heteroatoms. The minimum Gasteiger partial charge on any atom is -0.383 e. The average Bonchev–Trinajstić information content (AvgIpc) is 2.60. The summed E-state index contributed by atoms with van der Waals surface area (Å²) >= 11 is 0. The largest absolute Gasteiger partial charge is 0.383 e. The maximum atomic E-state index is 11.9. The van der Waals surface area contributed by atoms with Crippen molar-refractivity contribution in [3.05, 3.63) is 12.3 Å². The second-order valence-corrected chi connectivity index (χ2v) is 4.41. The molecule has 0 aromatic heterocycles. The van der Waals surface area contributed by atoms with Crippen molar-refractivity contribution >= 4 is 5.91 Å². The number of rotatable bonds is 5. The zero-order valence-electron chi connectivity index (χ0n) is 10.5. The lowest BCUT2D eigenvalue weighted by atomic mass is 10.2. The van der Waals surface area contributed by atoms with E-state index in [-0.39, 0.29) is 11.9 Å². The molecule has 1 rings (SSSR count). The van der Waals surface area contributed by atoms with E-state index in [1.165, 1.54) is 0 Å². The molecule has 1 aliphatic rings. The molecule has 1 heterocycles. The van der Waals surface area contributed by atoms with Gasteiger partial charge in [0.25, 0.3) is 0 Å². The number of likely N-dealkylation sites (tertiary alicyclic amines) is 1. The summed E-state index contributed by atoms with van der Waals surface area (Å²) in [5, 5.41) is 2.88. The molecular formula is C12H22N2O2. The number of carbonyl (C=O) groups excluding carboxylic acids is 1. The molecule has 0 aromatic rings. The maximum Gasteiger partial charge on any atom is 0.242 e. The quantitative estimate of drug-likeness (QED) is 0.715. The van der Waals surface area contributed by atoms with Crippen LogP contribution < -0.4 is 5.32 Å². The van der Waals surface area contributed by atoms with Gasteiger partial charge in [-0.3, -0.25) is 4.79 Å². The van der Waals surface area contributed by atoms with Crippen molar-refractivity contribution in [2.24, 2.45) is 0 Å². The number of allylic oxidation sites excluding steroid dienone is 1. The molecule has 0 saturated carbocycles. The fraction of sp³-hybridized carbons (Fsp3) is 0.750. The van der Waals surface area contributed by atoms with Gasteiger partial charge in [0.2, 0.25) is 5.91 Å². The number of carbonyl (C=O) groups is 1. The lowest BCUT2D eigenvalue weighted by Gasteiger charge is -2.30. The molecule has 1 fully saturated rings. The zero-order valence-corrected chi connectivity index (χ0v) is 10.5. The summed E-state index contributed by atoms with van der Waals surface area (Å²) < 4.78 is 4.90. The number of amides is 1. The number of nitrogens with zero attached hydrogens (tertiary/aromatic N) is 1. The van der Waals surface area contributed by atoms with Gasteiger partial charge in [0.05, 0.1) is 6.61 Å². The minimum atomic E-state index is -0.0515. The second-order valence-electron chi connectivity index (χ2n) is 4.41. The predicted octanol–water partition coefficient (Wildman–Crippen LogP) is 1.14. The summed E-state index contributed by atoms with van der Waals surface area (Å²) in [6.07, 6.45) is 1.79. The molecule has 0 spiro atoms. The number of methoxy groups -OCH3 is 1. The molecule has 0 radical (unpaired) electrons. The Kier molecular flexibility index (Phi) is 4.80. The molecule has 1 unspecified atom stereocenters. The van der Waals surface area contributed by atoms with Crippen molar-refractivity contribution < 1.29 is 9.53 Å². The third-order valence-corrected chi connectivity index (χ3v) is 2.87. The van der Waals surface area contributed by atoms with Crippen LogP contribution in [0.15, 0.2) is 12.3 Å². The molecule has 1 aliphatic heterocycles. The minimum absolute atomic E-state index is 0.0515. The van der Waals surface area contributed by atoms with E-state index in [9.17, 15) is 4.79 Å². The SMILES string of the molecule is C=C1CCC(C(=O)NCCOC)N1C(C)C. The monoisotopic (exact) mass is 226 g/mol. The molecular weight excluding hydrogens is 204 g/mol. The molecule has 0 bridgehead atoms. The lowest BCUT2D eigenvalue weighted by molar-refractivity contribution is -0.125. The van der Waals surface area contributed by atoms with E-state index in [2.05, 4.69) is 30.6 Å². The van der Waals surface area contributed by atoms with Gasteiger partial charge in [-0.1, -0.05) is 6.58 Å². The molecule has 0 aliphatic carbocycles. The first-order valence-electron chi connectivity index (χ1n) is 5.80. The summed E-state index contributed by atoms with van der Waals surface area (Å²) in [5.74, 6) is 0.0874. The van der Waals surface area contributed by atoms with Crippen molar-refractivity contribution in [3.8, 4) is 0 Å². The zero-order chi connectivity index (χ0) is 12.1. The molecule has 1 amide bonds. The van der Waals surface area contributed by atoms with Crippen LogP contribution in [0.1, 0.15) is 26.7 Å². The third-order valence-electron chi connectivity index (χ3n) is 2.87. The third kappa shape index (κ3) is 2.98. The number of ether oxygens (including phenoxy) is 1. The van der Waals surface area contributed by atoms with E-state index in [0.717, 1.165) is 18.5 Å². The van der Waals surface area contributed by atoms with Crippen molar-refractivity contribution in [3.63, 3.8) is 0 Å². The highest BCUT2D eigenvalue weighted by Crippen LogP contribution is 2.28. The van der Waals surface area contributed by atoms with Gasteiger partial charge in [0.1, 0.15) is 6.04 Å². The fourth-order valence-corrected chi connectivity index (χ4v) is 2.17. The topological polar surface area (TPSA) is 41.6 Å². The van der Waals surface area contributed by atoms with Crippen molar-refractivity contribution in [2.75, 3.05) is 20.3 Å². The maximum absolute atomic E-state index is 11.9. The Balaban J connectivity index is 2.51. The highest BCUT2D eigenvalue weighted by Gasteiger charge is 2.33. The Hall–Kier alpha value is -1.03. The van der Waals surface area contributed by atoms with Gasteiger partial charge in [-0.05, 0) is 26.7 Å². The highest BCUT2D eigenvalue weighted by atomic mass is 16.5. The van der Waals surface area contributed by atoms with Gasteiger partial charge in [0, 0.05) is 25.4 Å². The Bertz CT molecular complexity index is 264. The van der Waals surface area contributed by atoms with E-state index in [1.54, 1.807) is 7.11 Å². The first kappa shape index (κ1) is 13.0. The Morgan fingerprint density at radius 2 is 2.38 bits per heavy atom. The van der Waals surface area contributed by atoms with Gasteiger partial charge in [-0.15, -0.1) is 0 Å².